The molecule has 0 aromatic heterocycles. The summed E-state index contributed by atoms with van der Waals surface area (Å²) >= 11 is 0. The number of allylic oxidation sites excluding steroid dienone is 3. The van der Waals surface area contributed by atoms with Gasteiger partial charge >= 0.3 is 0 Å². The molecule has 0 unspecified atom stereocenters. The molecule has 0 aliphatic heterocycles. The lowest BCUT2D eigenvalue weighted by Gasteiger charge is -2.15. The lowest BCUT2D eigenvalue weighted by atomic mass is 9.90. The van der Waals surface area contributed by atoms with Crippen molar-refractivity contribution in [3.05, 3.63) is 24.3 Å². The maximum atomic E-state index is 11.4. The summed E-state index contributed by atoms with van der Waals surface area (Å²) in [4.78, 5) is 11.4. The summed E-state index contributed by atoms with van der Waals surface area (Å²) in [5.74, 6) is 7.58. The van der Waals surface area contributed by atoms with Gasteiger partial charge in [0.1, 0.15) is 6.61 Å². The standard InChI is InChI=1S/C22H35NO2/c1-20(2)19-23-22(24)16-10-5-3-4-6-11-17-25-18-12-15-21-13-8-7-9-14-21/h3,5,10,16,20-21H,4,6-9,11,13-14,17-19H2,1-2H3,(H,23,24). The number of unbranched alkanes of at least 4 members (excludes halogenated alkanes) is 2. The van der Waals surface area contributed by atoms with Crippen LogP contribution in [0.1, 0.15) is 65.2 Å². The summed E-state index contributed by atoms with van der Waals surface area (Å²) in [5.41, 5.74) is 0. The average molecular weight is 346 g/mol. The Morgan fingerprint density at radius 2 is 2.00 bits per heavy atom. The van der Waals surface area contributed by atoms with Crippen LogP contribution in [0.2, 0.25) is 0 Å². The van der Waals surface area contributed by atoms with Gasteiger partial charge in [-0.25, -0.2) is 0 Å². The minimum absolute atomic E-state index is 0.0268. The van der Waals surface area contributed by atoms with Gasteiger partial charge in [0, 0.05) is 25.1 Å². The molecule has 140 valence electrons. The second-order valence-corrected chi connectivity index (χ2v) is 7.13. The highest BCUT2D eigenvalue weighted by molar-refractivity contribution is 5.87. The molecule has 3 nitrogen and oxygen atoms in total. The van der Waals surface area contributed by atoms with E-state index in [1.165, 1.54) is 32.1 Å². The van der Waals surface area contributed by atoms with Gasteiger partial charge in [0.2, 0.25) is 5.91 Å². The van der Waals surface area contributed by atoms with Gasteiger partial charge in [-0.2, -0.15) is 0 Å². The Morgan fingerprint density at radius 1 is 1.20 bits per heavy atom. The van der Waals surface area contributed by atoms with Crippen LogP contribution in [0.15, 0.2) is 24.3 Å². The molecule has 0 heterocycles. The number of nitrogens with one attached hydrogen (secondary N) is 1. The maximum absolute atomic E-state index is 11.4. The van der Waals surface area contributed by atoms with Crippen molar-refractivity contribution in [1.82, 2.24) is 5.32 Å². The van der Waals surface area contributed by atoms with Crippen LogP contribution in [-0.4, -0.2) is 25.7 Å². The molecule has 0 saturated heterocycles. The van der Waals surface area contributed by atoms with E-state index in [1.807, 2.05) is 6.08 Å². The Labute approximate surface area is 154 Å². The third kappa shape index (κ3) is 13.4. The van der Waals surface area contributed by atoms with Crippen LogP contribution < -0.4 is 5.32 Å². The van der Waals surface area contributed by atoms with E-state index in [9.17, 15) is 4.79 Å². The zero-order valence-electron chi connectivity index (χ0n) is 16.1. The predicted molar refractivity (Wildman–Crippen MR) is 105 cm³/mol. The molecule has 0 aromatic carbocycles. The van der Waals surface area contributed by atoms with Crippen LogP contribution >= 0.6 is 0 Å². The summed E-state index contributed by atoms with van der Waals surface area (Å²) in [7, 11) is 0. The second-order valence-electron chi connectivity index (χ2n) is 7.13. The van der Waals surface area contributed by atoms with Gasteiger partial charge in [0.25, 0.3) is 0 Å². The molecule has 0 radical (unpaired) electrons. The molecule has 3 heteroatoms. The minimum Gasteiger partial charge on any atom is -0.369 e. The number of rotatable bonds is 10. The summed E-state index contributed by atoms with van der Waals surface area (Å²) in [6.45, 7) is 6.23. The molecule has 1 fully saturated rings. The number of carbonyl (C=O) groups is 1. The monoisotopic (exact) mass is 345 g/mol. The fraction of sp³-hybridized carbons (Fsp3) is 0.682. The molecule has 1 aliphatic carbocycles. The molecule has 1 saturated carbocycles. The van der Waals surface area contributed by atoms with Crippen molar-refractivity contribution in [2.75, 3.05) is 19.8 Å². The van der Waals surface area contributed by atoms with E-state index in [-0.39, 0.29) is 5.91 Å². The van der Waals surface area contributed by atoms with Crippen LogP contribution in [0, 0.1) is 23.7 Å². The molecule has 1 N–H and O–H groups in total. The molecule has 0 bridgehead atoms. The van der Waals surface area contributed by atoms with Crippen LogP contribution in [0.4, 0.5) is 0 Å². The predicted octanol–water partition coefficient (Wildman–Crippen LogP) is 4.64. The molecule has 0 atom stereocenters. The van der Waals surface area contributed by atoms with Crippen molar-refractivity contribution >= 4 is 5.91 Å². The Bertz CT molecular complexity index is 462. The Balaban J connectivity index is 1.92. The molecule has 1 rings (SSSR count). The zero-order chi connectivity index (χ0) is 18.2. The van der Waals surface area contributed by atoms with E-state index >= 15 is 0 Å². The molecule has 25 heavy (non-hydrogen) atoms. The summed E-state index contributed by atoms with van der Waals surface area (Å²) < 4.78 is 5.57. The quantitative estimate of drug-likeness (QED) is 0.271. The maximum Gasteiger partial charge on any atom is 0.243 e. The van der Waals surface area contributed by atoms with Crippen LogP contribution in [0.5, 0.6) is 0 Å². The largest absolute Gasteiger partial charge is 0.369 e. The fourth-order valence-electron chi connectivity index (χ4n) is 2.70. The van der Waals surface area contributed by atoms with E-state index in [0.29, 0.717) is 18.4 Å². The summed E-state index contributed by atoms with van der Waals surface area (Å²) in [6.07, 6.45) is 17.2. The SMILES string of the molecule is CC(C)CNC(=O)C=CC=CCCCCOCC#CC1CCCCC1. The van der Waals surface area contributed by atoms with Crippen molar-refractivity contribution in [3.8, 4) is 11.8 Å². The molecule has 1 amide bonds. The number of ether oxygens (including phenoxy) is 1. The first-order valence-electron chi connectivity index (χ1n) is 9.85. The summed E-state index contributed by atoms with van der Waals surface area (Å²) in [6, 6.07) is 0. The average Bonchev–Trinajstić information content (AvgIpc) is 2.61. The fourth-order valence-corrected chi connectivity index (χ4v) is 2.70. The van der Waals surface area contributed by atoms with Crippen molar-refractivity contribution in [2.24, 2.45) is 11.8 Å². The second kappa shape index (κ2) is 14.8. The van der Waals surface area contributed by atoms with E-state index in [4.69, 9.17) is 4.74 Å². The van der Waals surface area contributed by atoms with Gasteiger partial charge in [0.05, 0.1) is 0 Å². The minimum atomic E-state index is -0.0268. The Kier molecular flexibility index (Phi) is 12.7. The first kappa shape index (κ1) is 21.5. The van der Waals surface area contributed by atoms with Crippen molar-refractivity contribution in [1.29, 1.82) is 0 Å². The zero-order valence-corrected chi connectivity index (χ0v) is 16.1. The Morgan fingerprint density at radius 3 is 2.76 bits per heavy atom. The lowest BCUT2D eigenvalue weighted by molar-refractivity contribution is -0.116. The highest BCUT2D eigenvalue weighted by atomic mass is 16.5. The van der Waals surface area contributed by atoms with Crippen LogP contribution in [0.25, 0.3) is 0 Å². The first-order valence-corrected chi connectivity index (χ1v) is 9.85. The highest BCUT2D eigenvalue weighted by Gasteiger charge is 2.09. The highest BCUT2D eigenvalue weighted by Crippen LogP contribution is 2.22. The third-order valence-electron chi connectivity index (χ3n) is 4.17. The molecule has 0 spiro atoms. The van der Waals surface area contributed by atoms with E-state index in [1.54, 1.807) is 12.2 Å². The van der Waals surface area contributed by atoms with Crippen molar-refractivity contribution in [3.63, 3.8) is 0 Å². The van der Waals surface area contributed by atoms with Gasteiger partial charge < -0.3 is 10.1 Å². The van der Waals surface area contributed by atoms with E-state index in [0.717, 1.165) is 32.4 Å². The Hall–Kier alpha value is -1.53. The van der Waals surface area contributed by atoms with Crippen molar-refractivity contribution < 1.29 is 9.53 Å². The van der Waals surface area contributed by atoms with Gasteiger partial charge in [-0.1, -0.05) is 63.2 Å². The number of hydrogen-bond acceptors (Lipinski definition) is 2. The van der Waals surface area contributed by atoms with Gasteiger partial charge in [-0.15, -0.1) is 0 Å². The number of carbonyl (C=O) groups excluding carboxylic acids is 1. The summed E-state index contributed by atoms with van der Waals surface area (Å²) in [5, 5.41) is 2.85. The molecule has 0 aromatic rings. The molecular formula is C22H35NO2. The first-order chi connectivity index (χ1) is 12.2. The van der Waals surface area contributed by atoms with Gasteiger partial charge in [-0.3, -0.25) is 4.79 Å². The van der Waals surface area contributed by atoms with Gasteiger partial charge in [-0.05, 0) is 38.0 Å². The molecule has 1 aliphatic rings. The lowest BCUT2D eigenvalue weighted by Crippen LogP contribution is -2.25. The van der Waals surface area contributed by atoms with Crippen molar-refractivity contribution in [2.45, 2.75) is 65.2 Å². The van der Waals surface area contributed by atoms with E-state index in [2.05, 4.69) is 37.1 Å². The number of hydrogen-bond donors (Lipinski definition) is 1. The topological polar surface area (TPSA) is 38.3 Å². The number of amides is 1. The van der Waals surface area contributed by atoms with Gasteiger partial charge in [0.15, 0.2) is 0 Å². The smallest absolute Gasteiger partial charge is 0.243 e. The molecular weight excluding hydrogens is 310 g/mol. The third-order valence-corrected chi connectivity index (χ3v) is 4.17. The normalized spacial score (nSPS) is 15.6. The van der Waals surface area contributed by atoms with Crippen LogP contribution in [0.3, 0.4) is 0 Å². The van der Waals surface area contributed by atoms with Crippen LogP contribution in [-0.2, 0) is 9.53 Å². The van der Waals surface area contributed by atoms with E-state index < -0.39 is 0 Å².